The number of carboxylic acids is 1. The summed E-state index contributed by atoms with van der Waals surface area (Å²) in [7, 11) is 1.67. The van der Waals surface area contributed by atoms with Crippen LogP contribution in [0, 0.1) is 0 Å². The van der Waals surface area contributed by atoms with Gasteiger partial charge >= 0.3 is 5.97 Å². The van der Waals surface area contributed by atoms with E-state index in [1.807, 2.05) is 48.2 Å². The van der Waals surface area contributed by atoms with E-state index in [0.29, 0.717) is 5.56 Å². The van der Waals surface area contributed by atoms with Crippen LogP contribution in [-0.4, -0.2) is 18.2 Å². The maximum absolute atomic E-state index is 11.2. The minimum absolute atomic E-state index is 0.297. The first kappa shape index (κ1) is 21.7. The fraction of sp³-hybridized carbons (Fsp3) is 0.107. The van der Waals surface area contributed by atoms with E-state index in [4.69, 9.17) is 4.74 Å². The van der Waals surface area contributed by atoms with Gasteiger partial charge in [-0.05, 0) is 46.5 Å². The van der Waals surface area contributed by atoms with Gasteiger partial charge in [0, 0.05) is 5.75 Å². The maximum atomic E-state index is 11.2. The van der Waals surface area contributed by atoms with Gasteiger partial charge in [-0.15, -0.1) is 11.8 Å². The Morgan fingerprint density at radius 2 is 1.25 bits per heavy atom. The Morgan fingerprint density at radius 1 is 0.750 bits per heavy atom. The zero-order valence-corrected chi connectivity index (χ0v) is 18.6. The van der Waals surface area contributed by atoms with Crippen molar-refractivity contribution in [3.05, 3.63) is 137 Å². The van der Waals surface area contributed by atoms with Crippen molar-refractivity contribution < 1.29 is 14.6 Å². The smallest absolute Gasteiger partial charge is 0.335 e. The van der Waals surface area contributed by atoms with Crippen LogP contribution in [0.25, 0.3) is 0 Å². The van der Waals surface area contributed by atoms with E-state index < -0.39 is 10.7 Å². The average molecular weight is 441 g/mol. The minimum atomic E-state index is -0.912. The molecule has 4 heteroatoms. The molecule has 0 fully saturated rings. The topological polar surface area (TPSA) is 46.5 Å². The number of rotatable bonds is 8. The molecule has 0 saturated heterocycles. The standard InChI is InChI=1S/C28H24O3S/c1-31-26-18-16-25(17-19-26)28(23-8-4-2-5-9-23,24-10-6-3-7-11-24)32-20-21-12-14-22(15-13-21)27(29)30/h2-19H,20H2,1H3,(H,29,30). The Balaban J connectivity index is 1.82. The molecule has 4 aromatic carbocycles. The highest BCUT2D eigenvalue weighted by Gasteiger charge is 2.37. The molecule has 4 aromatic rings. The van der Waals surface area contributed by atoms with Crippen LogP contribution < -0.4 is 4.74 Å². The third-order valence-electron chi connectivity index (χ3n) is 5.51. The summed E-state index contributed by atoms with van der Waals surface area (Å²) in [5, 5.41) is 9.21. The van der Waals surface area contributed by atoms with Gasteiger partial charge in [-0.3, -0.25) is 0 Å². The molecule has 0 saturated carbocycles. The van der Waals surface area contributed by atoms with Crippen molar-refractivity contribution in [3.63, 3.8) is 0 Å². The van der Waals surface area contributed by atoms with Gasteiger partial charge in [0.05, 0.1) is 17.4 Å². The van der Waals surface area contributed by atoms with Crippen molar-refractivity contribution in [2.45, 2.75) is 10.5 Å². The lowest BCUT2D eigenvalue weighted by Crippen LogP contribution is -2.25. The van der Waals surface area contributed by atoms with Crippen molar-refractivity contribution in [1.82, 2.24) is 0 Å². The molecule has 0 atom stereocenters. The van der Waals surface area contributed by atoms with Crippen LogP contribution in [0.4, 0.5) is 0 Å². The number of hydrogen-bond acceptors (Lipinski definition) is 3. The highest BCUT2D eigenvalue weighted by atomic mass is 32.2. The second kappa shape index (κ2) is 9.75. The number of benzene rings is 4. The van der Waals surface area contributed by atoms with Gasteiger partial charge < -0.3 is 9.84 Å². The van der Waals surface area contributed by atoms with Gasteiger partial charge in [0.2, 0.25) is 0 Å². The third kappa shape index (κ3) is 4.41. The first-order valence-corrected chi connectivity index (χ1v) is 11.3. The molecule has 0 spiro atoms. The second-order valence-electron chi connectivity index (χ2n) is 7.43. The Kier molecular flexibility index (Phi) is 6.62. The lowest BCUT2D eigenvalue weighted by atomic mass is 9.84. The number of methoxy groups -OCH3 is 1. The lowest BCUT2D eigenvalue weighted by molar-refractivity contribution is 0.0697. The largest absolute Gasteiger partial charge is 0.497 e. The van der Waals surface area contributed by atoms with Crippen LogP contribution in [0.1, 0.15) is 32.6 Å². The number of carbonyl (C=O) groups is 1. The Morgan fingerprint density at radius 3 is 1.72 bits per heavy atom. The van der Waals surface area contributed by atoms with E-state index >= 15 is 0 Å². The van der Waals surface area contributed by atoms with Crippen LogP contribution in [0.5, 0.6) is 5.75 Å². The van der Waals surface area contributed by atoms with Crippen molar-refractivity contribution in [1.29, 1.82) is 0 Å². The molecule has 0 unspecified atom stereocenters. The zero-order chi connectivity index (χ0) is 22.4. The Hall–Kier alpha value is -3.50. The summed E-state index contributed by atoms with van der Waals surface area (Å²) >= 11 is 1.82. The fourth-order valence-electron chi connectivity index (χ4n) is 3.86. The molecule has 0 aliphatic heterocycles. The van der Waals surface area contributed by atoms with Gasteiger partial charge in [0.1, 0.15) is 5.75 Å². The molecule has 160 valence electrons. The first-order chi connectivity index (χ1) is 15.6. The van der Waals surface area contributed by atoms with Crippen molar-refractivity contribution in [3.8, 4) is 5.75 Å². The summed E-state index contributed by atoms with van der Waals surface area (Å²) < 4.78 is 4.95. The number of hydrogen-bond donors (Lipinski definition) is 1. The van der Waals surface area contributed by atoms with Crippen LogP contribution in [0.2, 0.25) is 0 Å². The highest BCUT2D eigenvalue weighted by molar-refractivity contribution is 7.99. The molecule has 0 amide bonds. The molecular formula is C28H24O3S. The van der Waals surface area contributed by atoms with Crippen LogP contribution >= 0.6 is 11.8 Å². The summed E-state index contributed by atoms with van der Waals surface area (Å²) in [6.07, 6.45) is 0. The summed E-state index contributed by atoms with van der Waals surface area (Å²) in [5.74, 6) is 0.624. The maximum Gasteiger partial charge on any atom is 0.335 e. The van der Waals surface area contributed by atoms with Gasteiger partial charge in [-0.2, -0.15) is 0 Å². The van der Waals surface area contributed by atoms with E-state index in [9.17, 15) is 9.90 Å². The molecule has 4 rings (SSSR count). The van der Waals surface area contributed by atoms with Gasteiger partial charge in [-0.1, -0.05) is 84.9 Å². The summed E-state index contributed by atoms with van der Waals surface area (Å²) in [4.78, 5) is 11.2. The summed E-state index contributed by atoms with van der Waals surface area (Å²) in [5.41, 5.74) is 4.89. The van der Waals surface area contributed by atoms with Crippen molar-refractivity contribution in [2.75, 3.05) is 7.11 Å². The lowest BCUT2D eigenvalue weighted by Gasteiger charge is -2.35. The molecular weight excluding hydrogens is 416 g/mol. The van der Waals surface area contributed by atoms with Gasteiger partial charge in [-0.25, -0.2) is 4.79 Å². The minimum Gasteiger partial charge on any atom is -0.497 e. The van der Waals surface area contributed by atoms with E-state index in [0.717, 1.165) is 22.6 Å². The SMILES string of the molecule is COc1ccc(C(SCc2ccc(C(=O)O)cc2)(c2ccccc2)c2ccccc2)cc1. The predicted molar refractivity (Wildman–Crippen MR) is 130 cm³/mol. The monoisotopic (exact) mass is 440 g/mol. The highest BCUT2D eigenvalue weighted by Crippen LogP contribution is 2.49. The van der Waals surface area contributed by atoms with Crippen LogP contribution in [0.15, 0.2) is 109 Å². The van der Waals surface area contributed by atoms with E-state index in [2.05, 4.69) is 60.7 Å². The normalized spacial score (nSPS) is 11.2. The molecule has 0 aromatic heterocycles. The number of aromatic carboxylic acids is 1. The molecule has 3 nitrogen and oxygen atoms in total. The van der Waals surface area contributed by atoms with Gasteiger partial charge in [0.25, 0.3) is 0 Å². The van der Waals surface area contributed by atoms with Gasteiger partial charge in [0.15, 0.2) is 0 Å². The number of thioether (sulfide) groups is 1. The number of carboxylic acid groups (broad SMARTS) is 1. The van der Waals surface area contributed by atoms with E-state index in [-0.39, 0.29) is 0 Å². The van der Waals surface area contributed by atoms with E-state index in [1.165, 1.54) is 11.1 Å². The third-order valence-corrected chi connectivity index (χ3v) is 7.13. The molecule has 0 bridgehead atoms. The quantitative estimate of drug-likeness (QED) is 0.313. The van der Waals surface area contributed by atoms with Crippen LogP contribution in [-0.2, 0) is 10.5 Å². The first-order valence-electron chi connectivity index (χ1n) is 10.4. The summed E-state index contributed by atoms with van der Waals surface area (Å²) in [6.45, 7) is 0. The average Bonchev–Trinajstić information content (AvgIpc) is 2.86. The van der Waals surface area contributed by atoms with Crippen molar-refractivity contribution in [2.24, 2.45) is 0 Å². The zero-order valence-electron chi connectivity index (χ0n) is 17.8. The molecule has 0 aliphatic rings. The number of ether oxygens (including phenoxy) is 1. The molecule has 1 N–H and O–H groups in total. The molecule has 0 aliphatic carbocycles. The van der Waals surface area contributed by atoms with Crippen molar-refractivity contribution >= 4 is 17.7 Å². The molecule has 0 heterocycles. The Bertz CT molecular complexity index is 1120. The fourth-order valence-corrected chi connectivity index (χ4v) is 5.34. The predicted octanol–water partition coefficient (Wildman–Crippen LogP) is 6.62. The molecule has 32 heavy (non-hydrogen) atoms. The molecule has 0 radical (unpaired) electrons. The Labute approximate surface area is 192 Å². The second-order valence-corrected chi connectivity index (χ2v) is 8.62. The van der Waals surface area contributed by atoms with Crippen LogP contribution in [0.3, 0.4) is 0 Å². The van der Waals surface area contributed by atoms with E-state index in [1.54, 1.807) is 19.2 Å². The summed E-state index contributed by atoms with van der Waals surface area (Å²) in [6, 6.07) is 36.4.